The van der Waals surface area contributed by atoms with Gasteiger partial charge in [-0.3, -0.25) is 9.78 Å². The van der Waals surface area contributed by atoms with Crippen LogP contribution in [0.4, 0.5) is 5.69 Å². The first-order valence-electron chi connectivity index (χ1n) is 11.7. The van der Waals surface area contributed by atoms with Crippen molar-refractivity contribution in [1.82, 2.24) is 15.2 Å². The second kappa shape index (κ2) is 9.97. The number of carbonyl (C=O) groups is 1. The predicted molar refractivity (Wildman–Crippen MR) is 130 cm³/mol. The molecule has 0 radical (unpaired) electrons. The number of β-amino-alcohol motifs (C(OH)–C–C–N with tert-alkyl or cyclic N) is 1. The Morgan fingerprint density at radius 3 is 2.94 bits per heavy atom. The summed E-state index contributed by atoms with van der Waals surface area (Å²) < 4.78 is 10.7. The van der Waals surface area contributed by atoms with E-state index in [1.54, 1.807) is 13.3 Å². The summed E-state index contributed by atoms with van der Waals surface area (Å²) in [7, 11) is 1.62. The van der Waals surface area contributed by atoms with Crippen LogP contribution >= 0.6 is 0 Å². The van der Waals surface area contributed by atoms with Crippen LogP contribution < -0.4 is 20.1 Å². The standard InChI is InChI=1S/C26H30N4O4/c1-33-19-12-21-20(3-2-4-22(21)28-14-19)24(31)15-30-9-7-18(8-10-30)27-13-17-5-6-25-23(11-17)29-26(32)16-34-25/h2-6,11-12,14,18,24,27,31H,7-10,13,15-16H2,1H3,(H,29,32)/t24-/m0/s1. The summed E-state index contributed by atoms with van der Waals surface area (Å²) in [5, 5.41) is 18.4. The van der Waals surface area contributed by atoms with E-state index in [0.29, 0.717) is 18.3 Å². The molecule has 5 rings (SSSR count). The van der Waals surface area contributed by atoms with E-state index < -0.39 is 6.10 Å². The van der Waals surface area contributed by atoms with Gasteiger partial charge in [0.05, 0.1) is 30.6 Å². The van der Waals surface area contributed by atoms with E-state index in [1.165, 1.54) is 0 Å². The molecule has 1 aromatic heterocycles. The molecule has 2 aliphatic heterocycles. The van der Waals surface area contributed by atoms with Crippen molar-refractivity contribution in [3.8, 4) is 11.5 Å². The minimum atomic E-state index is -0.588. The first-order valence-corrected chi connectivity index (χ1v) is 11.7. The number of hydrogen-bond acceptors (Lipinski definition) is 7. The quantitative estimate of drug-likeness (QED) is 0.497. The fraction of sp³-hybridized carbons (Fsp3) is 0.385. The van der Waals surface area contributed by atoms with E-state index in [0.717, 1.165) is 65.9 Å². The van der Waals surface area contributed by atoms with Gasteiger partial charge >= 0.3 is 0 Å². The minimum Gasteiger partial charge on any atom is -0.495 e. The third-order valence-electron chi connectivity index (χ3n) is 6.62. The van der Waals surface area contributed by atoms with Crippen LogP contribution in [0.1, 0.15) is 30.1 Å². The first kappa shape index (κ1) is 22.6. The van der Waals surface area contributed by atoms with Gasteiger partial charge in [0.2, 0.25) is 0 Å². The number of piperidine rings is 1. The molecule has 1 saturated heterocycles. The molecule has 0 aliphatic carbocycles. The Hall–Kier alpha value is -3.20. The van der Waals surface area contributed by atoms with Crippen molar-refractivity contribution in [1.29, 1.82) is 0 Å². The number of nitrogens with one attached hydrogen (secondary N) is 2. The van der Waals surface area contributed by atoms with Crippen LogP contribution in [-0.4, -0.2) is 60.3 Å². The average molecular weight is 463 g/mol. The SMILES string of the molecule is COc1cnc2cccc([C@@H](O)CN3CCC(NCc4ccc5c(c4)NC(=O)CO5)CC3)c2c1. The maximum atomic E-state index is 11.6. The van der Waals surface area contributed by atoms with Crippen molar-refractivity contribution in [2.24, 2.45) is 0 Å². The molecule has 3 heterocycles. The maximum absolute atomic E-state index is 11.6. The molecule has 3 aromatic rings. The summed E-state index contributed by atoms with van der Waals surface area (Å²) in [6.07, 6.45) is 3.14. The molecular formula is C26H30N4O4. The van der Waals surface area contributed by atoms with Gasteiger partial charge in [-0.1, -0.05) is 18.2 Å². The molecular weight excluding hydrogens is 432 g/mol. The summed E-state index contributed by atoms with van der Waals surface area (Å²) in [5.74, 6) is 1.29. The number of anilines is 1. The lowest BCUT2D eigenvalue weighted by atomic mass is 10.0. The molecule has 2 aliphatic rings. The van der Waals surface area contributed by atoms with E-state index in [1.807, 2.05) is 42.5 Å². The van der Waals surface area contributed by atoms with Gasteiger partial charge in [0.15, 0.2) is 6.61 Å². The number of amides is 1. The number of methoxy groups -OCH3 is 1. The normalized spacial score (nSPS) is 17.6. The molecule has 0 unspecified atom stereocenters. The average Bonchev–Trinajstić information content (AvgIpc) is 2.87. The highest BCUT2D eigenvalue weighted by Crippen LogP contribution is 2.29. The number of ether oxygens (including phenoxy) is 2. The molecule has 8 nitrogen and oxygen atoms in total. The molecule has 8 heteroatoms. The predicted octanol–water partition coefficient (Wildman–Crippen LogP) is 2.86. The zero-order valence-corrected chi connectivity index (χ0v) is 19.3. The Bertz CT molecular complexity index is 1180. The summed E-state index contributed by atoms with van der Waals surface area (Å²) in [5.41, 5.74) is 3.59. The number of fused-ring (bicyclic) bond motifs is 2. The topological polar surface area (TPSA) is 96.0 Å². The molecule has 178 valence electrons. The van der Waals surface area contributed by atoms with E-state index in [9.17, 15) is 9.90 Å². The lowest BCUT2D eigenvalue weighted by Crippen LogP contribution is -2.43. The van der Waals surface area contributed by atoms with E-state index in [-0.39, 0.29) is 12.5 Å². The van der Waals surface area contributed by atoms with Gasteiger partial charge in [-0.2, -0.15) is 0 Å². The van der Waals surface area contributed by atoms with Crippen LogP contribution in [0.3, 0.4) is 0 Å². The zero-order chi connectivity index (χ0) is 23.5. The Morgan fingerprint density at radius 2 is 2.12 bits per heavy atom. The fourth-order valence-corrected chi connectivity index (χ4v) is 4.72. The monoisotopic (exact) mass is 462 g/mol. The number of aromatic nitrogens is 1. The third-order valence-corrected chi connectivity index (χ3v) is 6.62. The fourth-order valence-electron chi connectivity index (χ4n) is 4.72. The van der Waals surface area contributed by atoms with E-state index in [2.05, 4.69) is 20.5 Å². The number of likely N-dealkylation sites (tertiary alicyclic amines) is 1. The Morgan fingerprint density at radius 1 is 1.26 bits per heavy atom. The van der Waals surface area contributed by atoms with Crippen LogP contribution in [-0.2, 0) is 11.3 Å². The third kappa shape index (κ3) is 4.99. The number of carbonyl (C=O) groups excluding carboxylic acids is 1. The highest BCUT2D eigenvalue weighted by atomic mass is 16.5. The molecule has 0 saturated carbocycles. The van der Waals surface area contributed by atoms with Crippen LogP contribution in [0.2, 0.25) is 0 Å². The molecule has 0 spiro atoms. The van der Waals surface area contributed by atoms with Gasteiger partial charge in [-0.05, 0) is 61.3 Å². The molecule has 2 aromatic carbocycles. The maximum Gasteiger partial charge on any atom is 0.262 e. The molecule has 34 heavy (non-hydrogen) atoms. The Labute approximate surface area is 198 Å². The highest BCUT2D eigenvalue weighted by molar-refractivity contribution is 5.95. The largest absolute Gasteiger partial charge is 0.495 e. The molecule has 0 bridgehead atoms. The molecule has 3 N–H and O–H groups in total. The Balaban J connectivity index is 1.14. The number of nitrogens with zero attached hydrogens (tertiary/aromatic N) is 2. The first-order chi connectivity index (χ1) is 16.6. The number of benzene rings is 2. The lowest BCUT2D eigenvalue weighted by molar-refractivity contribution is -0.118. The van der Waals surface area contributed by atoms with Gasteiger partial charge in [0.25, 0.3) is 5.91 Å². The number of aliphatic hydroxyl groups excluding tert-OH is 1. The summed E-state index contributed by atoms with van der Waals surface area (Å²) in [4.78, 5) is 18.3. The molecule has 1 fully saturated rings. The second-order valence-electron chi connectivity index (χ2n) is 8.93. The molecule has 1 atom stereocenters. The van der Waals surface area contributed by atoms with Crippen LogP contribution in [0.5, 0.6) is 11.5 Å². The summed E-state index contributed by atoms with van der Waals surface area (Å²) in [6.45, 7) is 3.25. The van der Waals surface area contributed by atoms with Gasteiger partial charge < -0.3 is 30.1 Å². The molecule has 1 amide bonds. The summed E-state index contributed by atoms with van der Waals surface area (Å²) >= 11 is 0. The van der Waals surface area contributed by atoms with Crippen molar-refractivity contribution in [2.75, 3.05) is 38.7 Å². The van der Waals surface area contributed by atoms with Gasteiger partial charge in [0, 0.05) is 24.5 Å². The van der Waals surface area contributed by atoms with Crippen LogP contribution in [0.15, 0.2) is 48.7 Å². The highest BCUT2D eigenvalue weighted by Gasteiger charge is 2.23. The van der Waals surface area contributed by atoms with Gasteiger partial charge in [0.1, 0.15) is 11.5 Å². The smallest absolute Gasteiger partial charge is 0.262 e. The number of rotatable bonds is 7. The van der Waals surface area contributed by atoms with Crippen molar-refractivity contribution < 1.29 is 19.4 Å². The summed E-state index contributed by atoms with van der Waals surface area (Å²) in [6, 6.07) is 14.1. The zero-order valence-electron chi connectivity index (χ0n) is 19.3. The van der Waals surface area contributed by atoms with Crippen LogP contribution in [0.25, 0.3) is 10.9 Å². The second-order valence-corrected chi connectivity index (χ2v) is 8.93. The Kier molecular flexibility index (Phi) is 6.62. The van der Waals surface area contributed by atoms with Gasteiger partial charge in [-0.15, -0.1) is 0 Å². The number of pyridine rings is 1. The minimum absolute atomic E-state index is 0.0729. The van der Waals surface area contributed by atoms with E-state index in [4.69, 9.17) is 9.47 Å². The number of hydrogen-bond donors (Lipinski definition) is 3. The van der Waals surface area contributed by atoms with Crippen molar-refractivity contribution in [3.05, 3.63) is 59.8 Å². The van der Waals surface area contributed by atoms with Crippen molar-refractivity contribution in [2.45, 2.75) is 31.5 Å². The van der Waals surface area contributed by atoms with Crippen molar-refractivity contribution in [3.63, 3.8) is 0 Å². The lowest BCUT2D eigenvalue weighted by Gasteiger charge is -2.34. The van der Waals surface area contributed by atoms with Crippen molar-refractivity contribution >= 4 is 22.5 Å². The van der Waals surface area contributed by atoms with Gasteiger partial charge in [-0.25, -0.2) is 0 Å². The van der Waals surface area contributed by atoms with E-state index >= 15 is 0 Å². The number of aliphatic hydroxyl groups is 1. The van der Waals surface area contributed by atoms with Crippen LogP contribution in [0, 0.1) is 0 Å².